The number of aliphatic hydroxyl groups excluding tert-OH is 11. The van der Waals surface area contributed by atoms with E-state index in [-0.39, 0.29) is 34.7 Å². The maximum atomic E-state index is 15.0. The molecule has 67 heavy (non-hydrogen) atoms. The number of carbonyl (C=O) groups excluding carboxylic acids is 2. The molecule has 0 amide bonds. The summed E-state index contributed by atoms with van der Waals surface area (Å²) < 4.78 is 34.7. The Kier molecular flexibility index (Phi) is 14.1. The number of esters is 1. The predicted molar refractivity (Wildman–Crippen MR) is 231 cm³/mol. The monoisotopic (exact) mass is 956 g/mol. The first-order valence-electron chi connectivity index (χ1n) is 24.4. The zero-order chi connectivity index (χ0) is 49.0. The number of ether oxygens (including phenoxy) is 6. The summed E-state index contributed by atoms with van der Waals surface area (Å²) in [7, 11) is 0. The Bertz CT molecular complexity index is 1850. The van der Waals surface area contributed by atoms with Crippen LogP contribution >= 0.6 is 0 Å². The molecule has 0 aromatic rings. The molecule has 0 aromatic carbocycles. The Balaban J connectivity index is 0.995. The van der Waals surface area contributed by atoms with Crippen LogP contribution < -0.4 is 0 Å². The van der Waals surface area contributed by atoms with Gasteiger partial charge in [0, 0.05) is 10.8 Å². The van der Waals surface area contributed by atoms with Gasteiger partial charge in [0.1, 0.15) is 73.4 Å². The van der Waals surface area contributed by atoms with Gasteiger partial charge in [-0.05, 0) is 105 Å². The van der Waals surface area contributed by atoms with Gasteiger partial charge in [-0.3, -0.25) is 4.79 Å². The number of fused-ring (bicyclic) bond motifs is 7. The van der Waals surface area contributed by atoms with Crippen LogP contribution in [-0.2, 0) is 38.0 Å². The van der Waals surface area contributed by atoms with Gasteiger partial charge >= 0.3 is 5.97 Å². The number of hydrogen-bond donors (Lipinski definition) is 11. The summed E-state index contributed by atoms with van der Waals surface area (Å²) in [6, 6.07) is 0. The van der Waals surface area contributed by atoms with Crippen LogP contribution in [0.2, 0.25) is 0 Å². The smallest absolute Gasteiger partial charge is 0.315 e. The minimum atomic E-state index is -1.96. The van der Waals surface area contributed by atoms with Crippen LogP contribution in [0.15, 0.2) is 11.6 Å². The number of carbonyl (C=O) groups is 2. The van der Waals surface area contributed by atoms with Crippen molar-refractivity contribution >= 4 is 12.3 Å². The largest absolute Gasteiger partial charge is 0.432 e. The molecule has 3 aliphatic heterocycles. The molecule has 19 nitrogen and oxygen atoms in total. The molecule has 5 aliphatic carbocycles. The van der Waals surface area contributed by atoms with E-state index in [1.807, 2.05) is 13.8 Å². The van der Waals surface area contributed by atoms with Gasteiger partial charge in [0.15, 0.2) is 12.6 Å². The van der Waals surface area contributed by atoms with E-state index in [9.17, 15) is 65.8 Å². The zero-order valence-corrected chi connectivity index (χ0v) is 39.5. The molecule has 7 fully saturated rings. The Morgan fingerprint density at radius 1 is 0.687 bits per heavy atom. The molecule has 4 saturated carbocycles. The third kappa shape index (κ3) is 7.92. The Morgan fingerprint density at radius 2 is 1.25 bits per heavy atom. The molecule has 0 spiro atoms. The molecule has 3 heterocycles. The van der Waals surface area contributed by atoms with Gasteiger partial charge in [0.05, 0.1) is 37.4 Å². The molecular formula is C48H76O19. The molecular weight excluding hydrogens is 881 g/mol. The normalized spacial score (nSPS) is 55.5. The fraction of sp³-hybridized carbons (Fsp3) is 0.917. The van der Waals surface area contributed by atoms with Crippen molar-refractivity contribution in [1.29, 1.82) is 0 Å². The first kappa shape index (κ1) is 51.6. The van der Waals surface area contributed by atoms with Crippen molar-refractivity contribution in [2.75, 3.05) is 19.8 Å². The predicted octanol–water partition coefficient (Wildman–Crippen LogP) is -0.680. The van der Waals surface area contributed by atoms with E-state index in [0.717, 1.165) is 37.5 Å². The van der Waals surface area contributed by atoms with Crippen molar-refractivity contribution in [1.82, 2.24) is 0 Å². The lowest BCUT2D eigenvalue weighted by molar-refractivity contribution is -0.377. The standard InChI is InChI=1S/C48H76O19/c1-22-30(54)31(55)34(58)39(62-22)65-37-25(18-49)63-40(35(59)32(37)56)66-38-26(19-50)64-41(36(60)33(38)57)67-42(61)48-15-13-43(2,20-51)17-24(48)23-7-8-28-44(3)11-10-29(53)45(4,21-52)27(44)9-12-47(28,6)46(23,5)14-16-48/h7,20,22,24-41,49-50,52-60H,8-19,21H2,1-6H3. The summed E-state index contributed by atoms with van der Waals surface area (Å²) in [5.41, 5.74) is -2.09. The van der Waals surface area contributed by atoms with Crippen molar-refractivity contribution in [3.05, 3.63) is 11.6 Å². The van der Waals surface area contributed by atoms with Crippen LogP contribution in [0.1, 0.15) is 106 Å². The highest BCUT2D eigenvalue weighted by atomic mass is 16.8. The highest BCUT2D eigenvalue weighted by Gasteiger charge is 2.70. The van der Waals surface area contributed by atoms with Crippen molar-refractivity contribution in [2.24, 2.45) is 50.2 Å². The third-order valence-electron chi connectivity index (χ3n) is 19.5. The topological polar surface area (TPSA) is 312 Å². The zero-order valence-electron chi connectivity index (χ0n) is 39.5. The highest BCUT2D eigenvalue weighted by molar-refractivity contribution is 5.79. The summed E-state index contributed by atoms with van der Waals surface area (Å²) in [6.45, 7) is 10.6. The second kappa shape index (κ2) is 18.4. The van der Waals surface area contributed by atoms with Crippen LogP contribution in [0.3, 0.4) is 0 Å². The van der Waals surface area contributed by atoms with Crippen molar-refractivity contribution in [2.45, 2.75) is 204 Å². The highest BCUT2D eigenvalue weighted by Crippen LogP contribution is 2.76. The van der Waals surface area contributed by atoms with Gasteiger partial charge in [-0.1, -0.05) is 46.3 Å². The average Bonchev–Trinajstić information content (AvgIpc) is 3.30. The molecule has 0 aromatic heterocycles. The first-order valence-corrected chi connectivity index (χ1v) is 24.4. The second-order valence-electron chi connectivity index (χ2n) is 22.9. The number of hydrogen-bond acceptors (Lipinski definition) is 19. The van der Waals surface area contributed by atoms with Crippen molar-refractivity contribution < 1.29 is 94.2 Å². The molecule has 0 radical (unpaired) electrons. The number of allylic oxidation sites excluding steroid dienone is 2. The van der Waals surface area contributed by atoms with E-state index in [0.29, 0.717) is 38.5 Å². The molecule has 8 aliphatic rings. The van der Waals surface area contributed by atoms with Gasteiger partial charge in [-0.2, -0.15) is 0 Å². The van der Waals surface area contributed by atoms with Crippen molar-refractivity contribution in [3.8, 4) is 0 Å². The SMILES string of the molecule is CC1OC(OC2C(CO)OC(OC3C(CO)OC(OC(=O)C45CCC(C)(C=O)CC4C4=CCC6C7(C)CCC(O)C(C)(CO)C7CCC6(C)C4(C)CC5)C(O)C3O)C(O)C2O)C(O)C(O)C1O. The number of aliphatic hydroxyl groups is 11. The lowest BCUT2D eigenvalue weighted by atomic mass is 9.33. The lowest BCUT2D eigenvalue weighted by Gasteiger charge is -2.71. The Hall–Kier alpha value is -1.76. The quantitative estimate of drug-likeness (QED) is 0.0734. The lowest BCUT2D eigenvalue weighted by Crippen LogP contribution is -2.67. The minimum absolute atomic E-state index is 0.0925. The van der Waals surface area contributed by atoms with Gasteiger partial charge in [-0.15, -0.1) is 0 Å². The Morgan fingerprint density at radius 3 is 1.85 bits per heavy atom. The maximum absolute atomic E-state index is 15.0. The first-order chi connectivity index (χ1) is 31.4. The molecule has 19 heteroatoms. The van der Waals surface area contributed by atoms with E-state index < -0.39 is 140 Å². The fourth-order valence-corrected chi connectivity index (χ4v) is 14.9. The number of rotatable bonds is 10. The molecule has 0 bridgehead atoms. The number of aldehydes is 1. The molecule has 11 N–H and O–H groups in total. The van der Waals surface area contributed by atoms with Gasteiger partial charge in [0.25, 0.3) is 0 Å². The summed E-state index contributed by atoms with van der Waals surface area (Å²) in [5.74, 6) is -0.725. The fourth-order valence-electron chi connectivity index (χ4n) is 14.9. The van der Waals surface area contributed by atoms with Crippen LogP contribution in [-0.4, -0.2) is 186 Å². The maximum Gasteiger partial charge on any atom is 0.315 e. The molecule has 8 rings (SSSR count). The van der Waals surface area contributed by atoms with E-state index in [4.69, 9.17) is 28.4 Å². The second-order valence-corrected chi connectivity index (χ2v) is 22.9. The summed E-state index contributed by atoms with van der Waals surface area (Å²) in [5, 5.41) is 119. The average molecular weight is 957 g/mol. The third-order valence-corrected chi connectivity index (χ3v) is 19.5. The van der Waals surface area contributed by atoms with Crippen LogP contribution in [0.5, 0.6) is 0 Å². The molecule has 25 atom stereocenters. The molecule has 382 valence electrons. The molecule has 3 saturated heterocycles. The van der Waals surface area contributed by atoms with E-state index in [1.54, 1.807) is 0 Å². The minimum Gasteiger partial charge on any atom is -0.432 e. The van der Waals surface area contributed by atoms with E-state index >= 15 is 0 Å². The van der Waals surface area contributed by atoms with Gasteiger partial charge in [-0.25, -0.2) is 0 Å². The van der Waals surface area contributed by atoms with Crippen LogP contribution in [0.4, 0.5) is 0 Å². The Labute approximate surface area is 391 Å². The van der Waals surface area contributed by atoms with Gasteiger partial charge in [0.2, 0.25) is 6.29 Å². The molecule has 25 unspecified atom stereocenters. The summed E-state index contributed by atoms with van der Waals surface area (Å²) in [6.07, 6.45) is -16.3. The van der Waals surface area contributed by atoms with Crippen molar-refractivity contribution in [3.63, 3.8) is 0 Å². The van der Waals surface area contributed by atoms with E-state index in [1.165, 1.54) is 6.92 Å². The van der Waals surface area contributed by atoms with Gasteiger partial charge < -0.3 is 89.4 Å². The van der Waals surface area contributed by atoms with Crippen LogP contribution in [0, 0.1) is 50.2 Å². The summed E-state index contributed by atoms with van der Waals surface area (Å²) >= 11 is 0. The van der Waals surface area contributed by atoms with Crippen LogP contribution in [0.25, 0.3) is 0 Å². The summed E-state index contributed by atoms with van der Waals surface area (Å²) in [4.78, 5) is 27.7. The van der Waals surface area contributed by atoms with E-state index in [2.05, 4.69) is 26.8 Å².